The Morgan fingerprint density at radius 3 is 2.15 bits per heavy atom. The number of amidine groups is 1. The molecule has 142 valence electrons. The summed E-state index contributed by atoms with van der Waals surface area (Å²) < 4.78 is 33.7. The van der Waals surface area contributed by atoms with Crippen LogP contribution in [0.1, 0.15) is 51.0 Å². The highest BCUT2D eigenvalue weighted by Gasteiger charge is 2.51. The van der Waals surface area contributed by atoms with Gasteiger partial charge >= 0.3 is 0 Å². The highest BCUT2D eigenvalue weighted by atomic mass is 32.2. The third kappa shape index (κ3) is 3.48. The van der Waals surface area contributed by atoms with Gasteiger partial charge in [0.25, 0.3) is 16.0 Å². The number of ether oxygens (including phenoxy) is 1. The van der Waals surface area contributed by atoms with Gasteiger partial charge in [0, 0.05) is 0 Å². The van der Waals surface area contributed by atoms with E-state index in [0.717, 1.165) is 42.6 Å². The van der Waals surface area contributed by atoms with Crippen molar-refractivity contribution < 1.29 is 13.2 Å². The molecule has 26 heavy (non-hydrogen) atoms. The van der Waals surface area contributed by atoms with E-state index in [4.69, 9.17) is 9.73 Å². The van der Waals surface area contributed by atoms with Crippen molar-refractivity contribution in [2.75, 3.05) is 6.61 Å². The van der Waals surface area contributed by atoms with Crippen LogP contribution in [0.15, 0.2) is 34.2 Å². The van der Waals surface area contributed by atoms with E-state index in [1.807, 2.05) is 13.8 Å². The molecule has 1 aromatic carbocycles. The first kappa shape index (κ1) is 17.8. The quantitative estimate of drug-likeness (QED) is 0.644. The zero-order valence-corrected chi connectivity index (χ0v) is 16.4. The Bertz CT molecular complexity index is 764. The van der Waals surface area contributed by atoms with E-state index in [1.165, 1.54) is 19.3 Å². The van der Waals surface area contributed by atoms with Crippen LogP contribution in [0.5, 0.6) is 0 Å². The zero-order valence-electron chi connectivity index (χ0n) is 15.6. The number of benzene rings is 1. The van der Waals surface area contributed by atoms with E-state index in [2.05, 4.69) is 4.72 Å². The Hall–Kier alpha value is -1.56. The molecule has 0 aromatic heterocycles. The molecular formula is C20H28N2O3S. The van der Waals surface area contributed by atoms with Gasteiger partial charge in [-0.3, -0.25) is 0 Å². The van der Waals surface area contributed by atoms with Crippen molar-refractivity contribution in [3.63, 3.8) is 0 Å². The van der Waals surface area contributed by atoms with E-state index in [-0.39, 0.29) is 16.5 Å². The van der Waals surface area contributed by atoms with Crippen LogP contribution in [0.25, 0.3) is 0 Å². The smallest absolute Gasteiger partial charge is 0.299 e. The number of nitrogens with one attached hydrogen (secondary N) is 1. The molecule has 4 bridgehead atoms. The first-order valence-corrected chi connectivity index (χ1v) is 11.2. The molecule has 0 amide bonds. The number of aryl methyl sites for hydroxylation is 1. The van der Waals surface area contributed by atoms with Gasteiger partial charge in [0.15, 0.2) is 0 Å². The van der Waals surface area contributed by atoms with Crippen molar-refractivity contribution in [1.29, 1.82) is 0 Å². The first-order valence-electron chi connectivity index (χ1n) is 9.69. The maximum absolute atomic E-state index is 12.7. The van der Waals surface area contributed by atoms with Crippen LogP contribution in [-0.4, -0.2) is 26.6 Å². The van der Waals surface area contributed by atoms with Crippen LogP contribution in [0.3, 0.4) is 0 Å². The van der Waals surface area contributed by atoms with Gasteiger partial charge in [-0.15, -0.1) is 0 Å². The minimum absolute atomic E-state index is 0.130. The molecule has 0 radical (unpaired) electrons. The summed E-state index contributed by atoms with van der Waals surface area (Å²) in [5.74, 6) is 2.25. The molecule has 4 aliphatic carbocycles. The summed E-state index contributed by atoms with van der Waals surface area (Å²) in [6.45, 7) is 4.18. The number of hydrogen-bond acceptors (Lipinski definition) is 4. The Labute approximate surface area is 156 Å². The lowest BCUT2D eigenvalue weighted by molar-refractivity contribution is 0.000372. The third-order valence-corrected chi connectivity index (χ3v) is 7.51. The standard InChI is InChI=1S/C20H28N2O3S/c1-3-25-19(22-26(23,24)18-6-4-14(2)5-7-18)21-20-11-15-8-16(12-20)10-17(9-15)13-20/h4-7,15-17H,3,8-13H2,1-2H3,(H,21,22). The van der Waals surface area contributed by atoms with E-state index >= 15 is 0 Å². The highest BCUT2D eigenvalue weighted by molar-refractivity contribution is 7.90. The Morgan fingerprint density at radius 2 is 1.65 bits per heavy atom. The molecule has 0 aliphatic heterocycles. The average Bonchev–Trinajstić information content (AvgIpc) is 2.53. The van der Waals surface area contributed by atoms with E-state index in [0.29, 0.717) is 6.61 Å². The van der Waals surface area contributed by atoms with Crippen molar-refractivity contribution in [3.05, 3.63) is 29.8 Å². The second-order valence-corrected chi connectivity index (χ2v) is 10.1. The molecule has 1 aromatic rings. The molecule has 0 saturated heterocycles. The molecule has 1 N–H and O–H groups in total. The normalized spacial score (nSPS) is 33.3. The van der Waals surface area contributed by atoms with Crippen molar-refractivity contribution in [1.82, 2.24) is 4.72 Å². The molecule has 4 saturated carbocycles. The van der Waals surface area contributed by atoms with Crippen LogP contribution in [0.4, 0.5) is 0 Å². The number of rotatable bonds is 4. The Kier molecular flexibility index (Phi) is 4.49. The molecule has 5 rings (SSSR count). The predicted octanol–water partition coefficient (Wildman–Crippen LogP) is 3.63. The fraction of sp³-hybridized carbons (Fsp3) is 0.650. The second-order valence-electron chi connectivity index (χ2n) is 8.41. The number of sulfonamides is 1. The fourth-order valence-electron chi connectivity index (χ4n) is 5.53. The van der Waals surface area contributed by atoms with Gasteiger partial charge in [0.1, 0.15) is 0 Å². The van der Waals surface area contributed by atoms with Crippen LogP contribution < -0.4 is 4.72 Å². The molecule has 6 heteroatoms. The minimum atomic E-state index is -3.69. The summed E-state index contributed by atoms with van der Waals surface area (Å²) in [4.78, 5) is 5.13. The second kappa shape index (κ2) is 6.55. The number of hydrogen-bond donors (Lipinski definition) is 1. The van der Waals surface area contributed by atoms with Crippen LogP contribution >= 0.6 is 0 Å². The van der Waals surface area contributed by atoms with E-state index in [9.17, 15) is 8.42 Å². The summed E-state index contributed by atoms with van der Waals surface area (Å²) in [6, 6.07) is 6.99. The van der Waals surface area contributed by atoms with Crippen LogP contribution in [0.2, 0.25) is 0 Å². The lowest BCUT2D eigenvalue weighted by Gasteiger charge is -2.54. The van der Waals surface area contributed by atoms with Gasteiger partial charge in [0.2, 0.25) is 0 Å². The summed E-state index contributed by atoms with van der Waals surface area (Å²) in [5, 5.41) is 0. The van der Waals surface area contributed by atoms with Gasteiger partial charge < -0.3 is 4.74 Å². The highest BCUT2D eigenvalue weighted by Crippen LogP contribution is 2.57. The SMILES string of the molecule is CCOC(=NC12CC3CC(CC(C3)C1)C2)NS(=O)(=O)c1ccc(C)cc1. The molecule has 0 heterocycles. The predicted molar refractivity (Wildman–Crippen MR) is 101 cm³/mol. The molecule has 0 atom stereocenters. The molecule has 4 fully saturated rings. The van der Waals surface area contributed by atoms with E-state index < -0.39 is 10.0 Å². The lowest BCUT2D eigenvalue weighted by Crippen LogP contribution is -2.50. The van der Waals surface area contributed by atoms with Gasteiger partial charge in [-0.05, 0) is 82.3 Å². The Morgan fingerprint density at radius 1 is 1.12 bits per heavy atom. The topological polar surface area (TPSA) is 67.8 Å². The first-order chi connectivity index (χ1) is 12.4. The third-order valence-electron chi connectivity index (χ3n) is 6.18. The van der Waals surface area contributed by atoms with Crippen LogP contribution in [-0.2, 0) is 14.8 Å². The molecular weight excluding hydrogens is 348 g/mol. The maximum atomic E-state index is 12.7. The molecule has 5 nitrogen and oxygen atoms in total. The van der Waals surface area contributed by atoms with Crippen molar-refractivity contribution >= 4 is 16.0 Å². The van der Waals surface area contributed by atoms with Crippen molar-refractivity contribution in [2.45, 2.75) is 62.8 Å². The number of nitrogens with zero attached hydrogens (tertiary/aromatic N) is 1. The minimum Gasteiger partial charge on any atom is -0.465 e. The molecule has 0 unspecified atom stereocenters. The lowest BCUT2D eigenvalue weighted by atomic mass is 9.53. The monoisotopic (exact) mass is 376 g/mol. The summed E-state index contributed by atoms with van der Waals surface area (Å²) in [6.07, 6.45) is 7.20. The average molecular weight is 377 g/mol. The van der Waals surface area contributed by atoms with Crippen molar-refractivity contribution in [2.24, 2.45) is 22.7 Å². The van der Waals surface area contributed by atoms with Gasteiger partial charge in [-0.1, -0.05) is 17.7 Å². The van der Waals surface area contributed by atoms with E-state index in [1.54, 1.807) is 24.3 Å². The molecule has 4 aliphatic rings. The van der Waals surface area contributed by atoms with Gasteiger partial charge in [-0.2, -0.15) is 0 Å². The largest absolute Gasteiger partial charge is 0.465 e. The maximum Gasteiger partial charge on any atom is 0.299 e. The van der Waals surface area contributed by atoms with Crippen molar-refractivity contribution in [3.8, 4) is 0 Å². The van der Waals surface area contributed by atoms with Gasteiger partial charge in [0.05, 0.1) is 17.0 Å². The van der Waals surface area contributed by atoms with Gasteiger partial charge in [-0.25, -0.2) is 18.1 Å². The molecule has 0 spiro atoms. The summed E-state index contributed by atoms with van der Waals surface area (Å²) >= 11 is 0. The zero-order chi connectivity index (χ0) is 18.4. The van der Waals surface area contributed by atoms with Crippen LogP contribution in [0, 0.1) is 24.7 Å². The summed E-state index contributed by atoms with van der Waals surface area (Å²) in [7, 11) is -3.69. The fourth-order valence-corrected chi connectivity index (χ4v) is 6.48. The summed E-state index contributed by atoms with van der Waals surface area (Å²) in [5.41, 5.74) is 0.894. The Balaban J connectivity index is 1.59. The number of aliphatic imine (C=N–C) groups is 1.